The van der Waals surface area contributed by atoms with Crippen molar-refractivity contribution in [1.29, 1.82) is 0 Å². The molecular weight excluding hydrogens is 402 g/mol. The predicted octanol–water partition coefficient (Wildman–Crippen LogP) is 4.10. The van der Waals surface area contributed by atoms with Gasteiger partial charge in [-0.05, 0) is 74.8 Å². The summed E-state index contributed by atoms with van der Waals surface area (Å²) in [4.78, 5) is 19.2. The lowest BCUT2D eigenvalue weighted by Gasteiger charge is -2.30. The Morgan fingerprint density at radius 1 is 1.10 bits per heavy atom. The average Bonchev–Trinajstić information content (AvgIpc) is 3.23. The second kappa shape index (κ2) is 9.34. The van der Waals surface area contributed by atoms with Gasteiger partial charge in [0.25, 0.3) is 0 Å². The van der Waals surface area contributed by atoms with E-state index >= 15 is 0 Å². The van der Waals surface area contributed by atoms with Crippen LogP contribution < -0.4 is 5.32 Å². The van der Waals surface area contributed by atoms with E-state index in [2.05, 4.69) is 20.4 Å². The fourth-order valence-electron chi connectivity index (χ4n) is 3.75. The van der Waals surface area contributed by atoms with Gasteiger partial charge >= 0.3 is 0 Å². The number of nitrogens with zero attached hydrogens (tertiary/aromatic N) is 3. The zero-order valence-corrected chi connectivity index (χ0v) is 17.2. The molecule has 0 radical (unpaired) electrons. The summed E-state index contributed by atoms with van der Waals surface area (Å²) in [6.45, 7) is 3.90. The molecule has 6 nitrogen and oxygen atoms in total. The molecule has 1 aromatic heterocycles. The van der Waals surface area contributed by atoms with E-state index in [0.29, 0.717) is 23.8 Å². The van der Waals surface area contributed by atoms with Crippen LogP contribution in [0.4, 0.5) is 8.78 Å². The van der Waals surface area contributed by atoms with Gasteiger partial charge in [0.15, 0.2) is 0 Å². The molecule has 1 fully saturated rings. The van der Waals surface area contributed by atoms with Crippen LogP contribution in [0.5, 0.6) is 0 Å². The minimum atomic E-state index is -0.313. The van der Waals surface area contributed by atoms with Gasteiger partial charge < -0.3 is 9.84 Å². The lowest BCUT2D eigenvalue weighted by Crippen LogP contribution is -2.40. The number of carbonyl (C=O) groups is 1. The molecule has 4 rings (SSSR count). The highest BCUT2D eigenvalue weighted by Crippen LogP contribution is 2.22. The number of rotatable bonds is 6. The van der Waals surface area contributed by atoms with Crippen molar-refractivity contribution in [2.75, 3.05) is 13.1 Å². The Balaban J connectivity index is 1.26. The SMILES string of the molecule is CC(NC(=O)C1CCN(Cc2nc(-c3ccc(F)cc3)no2)CC1)c1ccc(F)cc1. The zero-order chi connectivity index (χ0) is 21.8. The minimum absolute atomic E-state index is 0.0212. The molecule has 162 valence electrons. The number of amides is 1. The molecule has 2 heterocycles. The molecule has 1 aliphatic heterocycles. The van der Waals surface area contributed by atoms with Crippen LogP contribution in [0, 0.1) is 17.6 Å². The van der Waals surface area contributed by atoms with Crippen LogP contribution >= 0.6 is 0 Å². The number of halogens is 2. The van der Waals surface area contributed by atoms with Gasteiger partial charge in [-0.1, -0.05) is 17.3 Å². The molecule has 1 N–H and O–H groups in total. The standard InChI is InChI=1S/C23H24F2N4O2/c1-15(16-2-6-19(24)7-3-16)26-23(30)18-10-12-29(13-11-18)14-21-27-22(28-31-21)17-4-8-20(25)9-5-17/h2-9,15,18H,10-14H2,1H3,(H,26,30). The molecule has 1 unspecified atom stereocenters. The second-order valence-corrected chi connectivity index (χ2v) is 7.85. The van der Waals surface area contributed by atoms with Crippen LogP contribution in [0.15, 0.2) is 53.1 Å². The van der Waals surface area contributed by atoms with Gasteiger partial charge in [-0.25, -0.2) is 8.78 Å². The molecule has 2 aromatic carbocycles. The molecule has 8 heteroatoms. The summed E-state index contributed by atoms with van der Waals surface area (Å²) in [6, 6.07) is 11.9. The maximum absolute atomic E-state index is 13.1. The van der Waals surface area contributed by atoms with E-state index in [1.54, 1.807) is 24.3 Å². The number of hydrogen-bond acceptors (Lipinski definition) is 5. The van der Waals surface area contributed by atoms with E-state index < -0.39 is 0 Å². The molecule has 1 saturated heterocycles. The molecule has 31 heavy (non-hydrogen) atoms. The van der Waals surface area contributed by atoms with Crippen molar-refractivity contribution in [3.63, 3.8) is 0 Å². The number of nitrogens with one attached hydrogen (secondary N) is 1. The van der Waals surface area contributed by atoms with Gasteiger partial charge in [-0.3, -0.25) is 9.69 Å². The maximum atomic E-state index is 13.1. The summed E-state index contributed by atoms with van der Waals surface area (Å²) >= 11 is 0. The van der Waals surface area contributed by atoms with Crippen molar-refractivity contribution in [2.45, 2.75) is 32.4 Å². The molecule has 0 spiro atoms. The van der Waals surface area contributed by atoms with E-state index in [9.17, 15) is 13.6 Å². The monoisotopic (exact) mass is 426 g/mol. The number of likely N-dealkylation sites (tertiary alicyclic amines) is 1. The van der Waals surface area contributed by atoms with Crippen LogP contribution in [0.1, 0.15) is 37.3 Å². The summed E-state index contributed by atoms with van der Waals surface area (Å²) in [5, 5.41) is 7.00. The van der Waals surface area contributed by atoms with E-state index in [-0.39, 0.29) is 29.5 Å². The molecule has 0 aliphatic carbocycles. The Bertz CT molecular complexity index is 1010. The number of benzene rings is 2. The van der Waals surface area contributed by atoms with Crippen LogP contribution in [0.2, 0.25) is 0 Å². The highest BCUT2D eigenvalue weighted by molar-refractivity contribution is 5.79. The quantitative estimate of drug-likeness (QED) is 0.643. The van der Waals surface area contributed by atoms with Gasteiger partial charge in [0.1, 0.15) is 11.6 Å². The third-order valence-electron chi connectivity index (χ3n) is 5.62. The Morgan fingerprint density at radius 2 is 1.71 bits per heavy atom. The number of carbonyl (C=O) groups excluding carboxylic acids is 1. The summed E-state index contributed by atoms with van der Waals surface area (Å²) < 4.78 is 31.5. The Kier molecular flexibility index (Phi) is 6.36. The van der Waals surface area contributed by atoms with Crippen LogP contribution in [0.25, 0.3) is 11.4 Å². The van der Waals surface area contributed by atoms with Gasteiger partial charge in [-0.2, -0.15) is 4.98 Å². The molecular formula is C23H24F2N4O2. The number of aromatic nitrogens is 2. The van der Waals surface area contributed by atoms with Crippen molar-refractivity contribution in [1.82, 2.24) is 20.4 Å². The highest BCUT2D eigenvalue weighted by Gasteiger charge is 2.27. The van der Waals surface area contributed by atoms with E-state index in [1.807, 2.05) is 6.92 Å². The number of hydrogen-bond donors (Lipinski definition) is 1. The van der Waals surface area contributed by atoms with Gasteiger partial charge in [-0.15, -0.1) is 0 Å². The molecule has 1 amide bonds. The fraction of sp³-hybridized carbons (Fsp3) is 0.348. The minimum Gasteiger partial charge on any atom is -0.349 e. The lowest BCUT2D eigenvalue weighted by atomic mass is 9.95. The first-order chi connectivity index (χ1) is 15.0. The van der Waals surface area contributed by atoms with Crippen LogP contribution in [-0.2, 0) is 11.3 Å². The second-order valence-electron chi connectivity index (χ2n) is 7.85. The first kappa shape index (κ1) is 21.1. The summed E-state index contributed by atoms with van der Waals surface area (Å²) in [6.07, 6.45) is 1.47. The summed E-state index contributed by atoms with van der Waals surface area (Å²) in [7, 11) is 0. The Labute approximate surface area is 179 Å². The van der Waals surface area contributed by atoms with Crippen molar-refractivity contribution < 1.29 is 18.1 Å². The molecule has 0 bridgehead atoms. The molecule has 0 saturated carbocycles. The average molecular weight is 426 g/mol. The molecule has 3 aromatic rings. The normalized spacial score (nSPS) is 16.2. The van der Waals surface area contributed by atoms with Crippen molar-refractivity contribution in [3.05, 3.63) is 71.6 Å². The topological polar surface area (TPSA) is 71.3 Å². The first-order valence-electron chi connectivity index (χ1n) is 10.3. The van der Waals surface area contributed by atoms with E-state index in [1.165, 1.54) is 24.3 Å². The summed E-state index contributed by atoms with van der Waals surface area (Å²) in [5.74, 6) is 0.280. The Morgan fingerprint density at radius 3 is 2.35 bits per heavy atom. The lowest BCUT2D eigenvalue weighted by molar-refractivity contribution is -0.127. The van der Waals surface area contributed by atoms with Crippen molar-refractivity contribution in [3.8, 4) is 11.4 Å². The van der Waals surface area contributed by atoms with Gasteiger partial charge in [0.2, 0.25) is 17.6 Å². The molecule has 1 atom stereocenters. The molecule has 1 aliphatic rings. The van der Waals surface area contributed by atoms with Crippen molar-refractivity contribution >= 4 is 5.91 Å². The van der Waals surface area contributed by atoms with E-state index in [0.717, 1.165) is 31.5 Å². The fourth-order valence-corrected chi connectivity index (χ4v) is 3.75. The summed E-state index contributed by atoms with van der Waals surface area (Å²) in [5.41, 5.74) is 1.57. The third kappa shape index (κ3) is 5.32. The number of piperidine rings is 1. The van der Waals surface area contributed by atoms with Crippen LogP contribution in [-0.4, -0.2) is 34.0 Å². The maximum Gasteiger partial charge on any atom is 0.241 e. The third-order valence-corrected chi connectivity index (χ3v) is 5.62. The smallest absolute Gasteiger partial charge is 0.241 e. The van der Waals surface area contributed by atoms with Gasteiger partial charge in [0.05, 0.1) is 12.6 Å². The predicted molar refractivity (Wildman–Crippen MR) is 111 cm³/mol. The van der Waals surface area contributed by atoms with Gasteiger partial charge in [0, 0.05) is 11.5 Å². The largest absolute Gasteiger partial charge is 0.349 e. The van der Waals surface area contributed by atoms with E-state index in [4.69, 9.17) is 4.52 Å². The Hall–Kier alpha value is -3.13. The highest BCUT2D eigenvalue weighted by atomic mass is 19.1. The first-order valence-corrected chi connectivity index (χ1v) is 10.3. The van der Waals surface area contributed by atoms with Crippen molar-refractivity contribution in [2.24, 2.45) is 5.92 Å². The zero-order valence-electron chi connectivity index (χ0n) is 17.2. The van der Waals surface area contributed by atoms with Crippen LogP contribution in [0.3, 0.4) is 0 Å².